The van der Waals surface area contributed by atoms with Gasteiger partial charge in [0.25, 0.3) is 0 Å². The molecule has 0 radical (unpaired) electrons. The van der Waals surface area contributed by atoms with E-state index >= 15 is 0 Å². The van der Waals surface area contributed by atoms with Crippen molar-refractivity contribution in [1.29, 1.82) is 0 Å². The molecule has 134 valence electrons. The van der Waals surface area contributed by atoms with Crippen molar-refractivity contribution in [3.05, 3.63) is 35.2 Å². The molecule has 0 aliphatic rings. The standard InChI is InChI=1S/C19H20N4O2S/c1-7-23(4)17-15-11(2)18(20-3)26-19(15)22-16(21-17)12-8-13(24-5)10-14(9-12)25-6/h8-10H,7H2,1-2,4-6H3. The lowest BCUT2D eigenvalue weighted by molar-refractivity contribution is 0.394. The maximum Gasteiger partial charge on any atom is 0.246 e. The molecular formula is C19H20N4O2S. The van der Waals surface area contributed by atoms with Crippen LogP contribution < -0.4 is 14.4 Å². The van der Waals surface area contributed by atoms with Gasteiger partial charge in [0.2, 0.25) is 5.00 Å². The number of thiophene rings is 1. The van der Waals surface area contributed by atoms with E-state index < -0.39 is 0 Å². The Labute approximate surface area is 156 Å². The lowest BCUT2D eigenvalue weighted by Crippen LogP contribution is -2.18. The van der Waals surface area contributed by atoms with Gasteiger partial charge in [0.1, 0.15) is 22.1 Å². The van der Waals surface area contributed by atoms with Crippen LogP contribution in [0.5, 0.6) is 11.5 Å². The minimum atomic E-state index is 0.586. The first kappa shape index (κ1) is 18.0. The third kappa shape index (κ3) is 3.04. The first-order valence-corrected chi connectivity index (χ1v) is 8.97. The average molecular weight is 368 g/mol. The van der Waals surface area contributed by atoms with Gasteiger partial charge in [-0.25, -0.2) is 14.8 Å². The van der Waals surface area contributed by atoms with E-state index in [1.165, 1.54) is 11.3 Å². The molecule has 1 aromatic carbocycles. The topological polar surface area (TPSA) is 51.8 Å². The molecule has 0 spiro atoms. The summed E-state index contributed by atoms with van der Waals surface area (Å²) in [4.78, 5) is 16.1. The van der Waals surface area contributed by atoms with E-state index in [9.17, 15) is 0 Å². The van der Waals surface area contributed by atoms with Crippen LogP contribution in [0.1, 0.15) is 12.5 Å². The predicted octanol–water partition coefficient (Wildman–Crippen LogP) is 4.69. The summed E-state index contributed by atoms with van der Waals surface area (Å²) in [6, 6.07) is 5.58. The number of benzene rings is 1. The first-order chi connectivity index (χ1) is 12.5. The molecule has 0 aliphatic heterocycles. The van der Waals surface area contributed by atoms with Crippen molar-refractivity contribution in [2.45, 2.75) is 13.8 Å². The second-order valence-electron chi connectivity index (χ2n) is 5.81. The first-order valence-electron chi connectivity index (χ1n) is 8.15. The number of fused-ring (bicyclic) bond motifs is 1. The fraction of sp³-hybridized carbons (Fsp3) is 0.316. The number of hydrogen-bond acceptors (Lipinski definition) is 6. The Balaban J connectivity index is 2.30. The van der Waals surface area contributed by atoms with Crippen LogP contribution in [0, 0.1) is 13.5 Å². The molecule has 3 rings (SSSR count). The maximum atomic E-state index is 7.40. The van der Waals surface area contributed by atoms with Gasteiger partial charge < -0.3 is 14.4 Å². The summed E-state index contributed by atoms with van der Waals surface area (Å²) in [5, 5.41) is 1.60. The van der Waals surface area contributed by atoms with Crippen LogP contribution in [0.4, 0.5) is 10.8 Å². The molecule has 0 unspecified atom stereocenters. The van der Waals surface area contributed by atoms with Gasteiger partial charge in [0, 0.05) is 30.6 Å². The van der Waals surface area contributed by atoms with E-state index in [1.54, 1.807) is 14.2 Å². The Morgan fingerprint density at radius 2 is 1.81 bits per heavy atom. The number of rotatable bonds is 5. The molecule has 0 saturated carbocycles. The van der Waals surface area contributed by atoms with Crippen LogP contribution >= 0.6 is 11.3 Å². The summed E-state index contributed by atoms with van der Waals surface area (Å²) >= 11 is 1.40. The molecule has 0 N–H and O–H groups in total. The Bertz CT molecular complexity index is 985. The monoisotopic (exact) mass is 368 g/mol. The zero-order valence-corrected chi connectivity index (χ0v) is 16.3. The van der Waals surface area contributed by atoms with Crippen LogP contribution in [-0.4, -0.2) is 37.8 Å². The molecule has 0 aliphatic carbocycles. The van der Waals surface area contributed by atoms with E-state index in [2.05, 4.69) is 16.7 Å². The van der Waals surface area contributed by atoms with Gasteiger partial charge in [-0.15, -0.1) is 11.3 Å². The zero-order chi connectivity index (χ0) is 18.8. The largest absolute Gasteiger partial charge is 0.497 e. The molecule has 3 aromatic rings. The molecule has 0 fully saturated rings. The lowest BCUT2D eigenvalue weighted by atomic mass is 10.1. The SMILES string of the molecule is [C-]#[N+]c1sc2nc(-c3cc(OC)cc(OC)c3)nc(N(C)CC)c2c1C. The van der Waals surface area contributed by atoms with E-state index in [4.69, 9.17) is 26.0 Å². The van der Waals surface area contributed by atoms with Gasteiger partial charge in [-0.1, -0.05) is 0 Å². The third-order valence-electron chi connectivity index (χ3n) is 4.29. The Kier molecular flexibility index (Phi) is 4.96. The van der Waals surface area contributed by atoms with Crippen molar-refractivity contribution in [2.75, 3.05) is 32.7 Å². The second-order valence-corrected chi connectivity index (χ2v) is 6.79. The van der Waals surface area contributed by atoms with Crippen LogP contribution in [-0.2, 0) is 0 Å². The second kappa shape index (κ2) is 7.18. The molecule has 0 saturated heterocycles. The Morgan fingerprint density at radius 3 is 2.35 bits per heavy atom. The summed E-state index contributed by atoms with van der Waals surface area (Å²) in [7, 11) is 5.22. The number of aryl methyl sites for hydroxylation is 1. The molecule has 0 atom stereocenters. The highest BCUT2D eigenvalue weighted by atomic mass is 32.1. The highest BCUT2D eigenvalue weighted by molar-refractivity contribution is 7.22. The minimum Gasteiger partial charge on any atom is -0.497 e. The molecule has 7 heteroatoms. The van der Waals surface area contributed by atoms with Crippen LogP contribution in [0.2, 0.25) is 0 Å². The summed E-state index contributed by atoms with van der Waals surface area (Å²) in [6.45, 7) is 12.2. The average Bonchev–Trinajstić information content (AvgIpc) is 3.01. The van der Waals surface area contributed by atoms with Gasteiger partial charge in [-0.05, 0) is 31.5 Å². The van der Waals surface area contributed by atoms with E-state index in [-0.39, 0.29) is 0 Å². The summed E-state index contributed by atoms with van der Waals surface area (Å²) in [6.07, 6.45) is 0. The molecule has 0 bridgehead atoms. The summed E-state index contributed by atoms with van der Waals surface area (Å²) in [5.74, 6) is 2.77. The number of ether oxygens (including phenoxy) is 2. The molecule has 26 heavy (non-hydrogen) atoms. The molecule has 0 amide bonds. The van der Waals surface area contributed by atoms with Crippen LogP contribution in [0.25, 0.3) is 26.4 Å². The van der Waals surface area contributed by atoms with Gasteiger partial charge in [-0.2, -0.15) is 0 Å². The van der Waals surface area contributed by atoms with Crippen LogP contribution in [0.15, 0.2) is 18.2 Å². The number of anilines is 1. The molecule has 2 aromatic heterocycles. The summed E-state index contributed by atoms with van der Waals surface area (Å²) < 4.78 is 10.7. The fourth-order valence-corrected chi connectivity index (χ4v) is 3.67. The Hall–Kier alpha value is -2.85. The van der Waals surface area contributed by atoms with Crippen LogP contribution in [0.3, 0.4) is 0 Å². The van der Waals surface area contributed by atoms with Gasteiger partial charge >= 0.3 is 0 Å². The zero-order valence-electron chi connectivity index (χ0n) is 15.5. The van der Waals surface area contributed by atoms with Crippen molar-refractivity contribution >= 4 is 32.4 Å². The minimum absolute atomic E-state index is 0.586. The Morgan fingerprint density at radius 1 is 1.15 bits per heavy atom. The van der Waals surface area contributed by atoms with Crippen molar-refractivity contribution in [2.24, 2.45) is 0 Å². The number of methoxy groups -OCH3 is 2. The molecule has 2 heterocycles. The molecular weight excluding hydrogens is 348 g/mol. The fourth-order valence-electron chi connectivity index (χ4n) is 2.70. The highest BCUT2D eigenvalue weighted by Crippen LogP contribution is 2.41. The number of nitrogens with zero attached hydrogens (tertiary/aromatic N) is 4. The van der Waals surface area contributed by atoms with Crippen molar-refractivity contribution in [1.82, 2.24) is 9.97 Å². The molecule has 6 nitrogen and oxygen atoms in total. The number of hydrogen-bond donors (Lipinski definition) is 0. The van der Waals surface area contributed by atoms with Crippen molar-refractivity contribution in [3.8, 4) is 22.9 Å². The van der Waals surface area contributed by atoms with Gasteiger partial charge in [0.15, 0.2) is 5.82 Å². The maximum absolute atomic E-state index is 7.40. The van der Waals surface area contributed by atoms with E-state index in [0.717, 1.165) is 33.7 Å². The predicted molar refractivity (Wildman–Crippen MR) is 106 cm³/mol. The third-order valence-corrected chi connectivity index (χ3v) is 5.37. The smallest absolute Gasteiger partial charge is 0.246 e. The van der Waals surface area contributed by atoms with E-state index in [1.807, 2.05) is 32.2 Å². The van der Waals surface area contributed by atoms with Crippen molar-refractivity contribution < 1.29 is 9.47 Å². The highest BCUT2D eigenvalue weighted by Gasteiger charge is 2.19. The quantitative estimate of drug-likeness (QED) is 0.612. The number of aromatic nitrogens is 2. The lowest BCUT2D eigenvalue weighted by Gasteiger charge is -2.18. The van der Waals surface area contributed by atoms with E-state index in [0.29, 0.717) is 22.3 Å². The van der Waals surface area contributed by atoms with Crippen molar-refractivity contribution in [3.63, 3.8) is 0 Å². The van der Waals surface area contributed by atoms with Gasteiger partial charge in [-0.3, -0.25) is 0 Å². The van der Waals surface area contributed by atoms with Gasteiger partial charge in [0.05, 0.1) is 20.8 Å². The summed E-state index contributed by atoms with van der Waals surface area (Å²) in [5.41, 5.74) is 1.74. The normalized spacial score (nSPS) is 10.6.